The Morgan fingerprint density at radius 2 is 2.17 bits per heavy atom. The molecule has 0 aromatic carbocycles. The summed E-state index contributed by atoms with van der Waals surface area (Å²) in [7, 11) is 0. The Balaban J connectivity index is 2.04. The van der Waals surface area contributed by atoms with E-state index in [-0.39, 0.29) is 12.1 Å². The van der Waals surface area contributed by atoms with Gasteiger partial charge in [0.25, 0.3) is 0 Å². The maximum atomic E-state index is 12.7. The smallest absolute Gasteiger partial charge is 0.323 e. The molecule has 1 aromatic heterocycles. The lowest BCUT2D eigenvalue weighted by Crippen LogP contribution is -2.42. The van der Waals surface area contributed by atoms with Crippen molar-refractivity contribution in [2.24, 2.45) is 0 Å². The van der Waals surface area contributed by atoms with E-state index in [2.05, 4.69) is 24.3 Å². The van der Waals surface area contributed by atoms with Gasteiger partial charge in [-0.2, -0.15) is 5.10 Å². The van der Waals surface area contributed by atoms with Crippen LogP contribution in [0.25, 0.3) is 0 Å². The van der Waals surface area contributed by atoms with Gasteiger partial charge in [-0.1, -0.05) is 13.8 Å². The minimum absolute atomic E-state index is 0.0706. The summed E-state index contributed by atoms with van der Waals surface area (Å²) in [5.74, 6) is 0.786. The second-order valence-corrected chi connectivity index (χ2v) is 6.54. The molecule has 0 spiro atoms. The number of likely N-dealkylation sites (N-methyl/N-ethyl adjacent to an activating group) is 1. The molecule has 2 rings (SSSR count). The first-order chi connectivity index (χ1) is 11.6. The van der Waals surface area contributed by atoms with E-state index in [9.17, 15) is 4.79 Å². The van der Waals surface area contributed by atoms with Crippen LogP contribution in [0.5, 0.6) is 0 Å². The predicted octanol–water partition coefficient (Wildman–Crippen LogP) is 3.98. The third-order valence-corrected chi connectivity index (χ3v) is 4.75. The van der Waals surface area contributed by atoms with Crippen molar-refractivity contribution in [1.29, 1.82) is 0 Å². The number of carbonyl (C=O) groups is 1. The molecule has 0 saturated carbocycles. The Bertz CT molecular complexity index is 519. The molecule has 1 saturated heterocycles. The summed E-state index contributed by atoms with van der Waals surface area (Å²) in [6.45, 7) is 10.4. The summed E-state index contributed by atoms with van der Waals surface area (Å²) in [5, 5.41) is 7.62. The summed E-state index contributed by atoms with van der Waals surface area (Å²) in [5.41, 5.74) is 0.927. The van der Waals surface area contributed by atoms with Crippen LogP contribution in [-0.2, 0) is 4.74 Å². The van der Waals surface area contributed by atoms with Crippen LogP contribution in [-0.4, -0.2) is 46.5 Å². The summed E-state index contributed by atoms with van der Waals surface area (Å²) in [6, 6.07) is 2.19. The van der Waals surface area contributed by atoms with Gasteiger partial charge in [0.1, 0.15) is 5.82 Å². The molecule has 1 aliphatic heterocycles. The first-order valence-electron chi connectivity index (χ1n) is 9.32. The highest BCUT2D eigenvalue weighted by Crippen LogP contribution is 2.22. The Morgan fingerprint density at radius 1 is 1.42 bits per heavy atom. The number of nitrogens with zero attached hydrogens (tertiary/aromatic N) is 3. The average Bonchev–Trinajstić information content (AvgIpc) is 2.95. The Hall–Kier alpha value is -1.56. The molecule has 1 atom stereocenters. The van der Waals surface area contributed by atoms with Crippen molar-refractivity contribution in [3.05, 3.63) is 11.8 Å². The lowest BCUT2D eigenvalue weighted by molar-refractivity contribution is 0.00220. The molecule has 6 heteroatoms. The van der Waals surface area contributed by atoms with E-state index in [1.54, 1.807) is 0 Å². The lowest BCUT2D eigenvalue weighted by atomic mass is 10.1. The second kappa shape index (κ2) is 9.06. The predicted molar refractivity (Wildman–Crippen MR) is 96.4 cm³/mol. The fraction of sp³-hybridized carbons (Fsp3) is 0.778. The van der Waals surface area contributed by atoms with Crippen molar-refractivity contribution >= 4 is 11.8 Å². The van der Waals surface area contributed by atoms with Gasteiger partial charge in [0, 0.05) is 25.8 Å². The van der Waals surface area contributed by atoms with Gasteiger partial charge in [-0.15, -0.1) is 0 Å². The van der Waals surface area contributed by atoms with Gasteiger partial charge in [-0.3, -0.25) is 5.32 Å². The first kappa shape index (κ1) is 18.8. The van der Waals surface area contributed by atoms with Crippen molar-refractivity contribution in [3.8, 4) is 0 Å². The highest BCUT2D eigenvalue weighted by molar-refractivity contribution is 5.88. The average molecular weight is 336 g/mol. The molecule has 1 N–H and O–H groups in total. The number of urea groups is 1. The molecular weight excluding hydrogens is 304 g/mol. The monoisotopic (exact) mass is 336 g/mol. The number of anilines is 1. The van der Waals surface area contributed by atoms with Gasteiger partial charge in [-0.05, 0) is 46.0 Å². The molecule has 0 radical (unpaired) electrons. The van der Waals surface area contributed by atoms with E-state index in [1.165, 1.54) is 6.42 Å². The maximum Gasteiger partial charge on any atom is 0.323 e. The number of ether oxygens (including phenoxy) is 1. The molecule has 2 heterocycles. The molecule has 1 aliphatic rings. The van der Waals surface area contributed by atoms with Crippen molar-refractivity contribution in [3.63, 3.8) is 0 Å². The van der Waals surface area contributed by atoms with Gasteiger partial charge >= 0.3 is 6.03 Å². The maximum absolute atomic E-state index is 12.7. The third kappa shape index (κ3) is 4.72. The standard InChI is InChI=1S/C18H32N4O2/c1-5-15(6-2)22-17(12-14(4)20-22)19-18(23)21(7-3)13-16-10-8-9-11-24-16/h12,15-16H,5-11,13H2,1-4H3,(H,19,23)/t16-/m0/s1. The van der Waals surface area contributed by atoms with Gasteiger partial charge in [0.2, 0.25) is 0 Å². The molecular formula is C18H32N4O2. The van der Waals surface area contributed by atoms with Crippen molar-refractivity contribution < 1.29 is 9.53 Å². The summed E-state index contributed by atoms with van der Waals surface area (Å²) < 4.78 is 7.73. The van der Waals surface area contributed by atoms with E-state index in [4.69, 9.17) is 4.74 Å². The van der Waals surface area contributed by atoms with E-state index >= 15 is 0 Å². The summed E-state index contributed by atoms with van der Waals surface area (Å²) >= 11 is 0. The van der Waals surface area contributed by atoms with Crippen LogP contribution in [0, 0.1) is 6.92 Å². The van der Waals surface area contributed by atoms with Gasteiger partial charge in [-0.25, -0.2) is 9.48 Å². The SMILES string of the molecule is CCC(CC)n1nc(C)cc1NC(=O)N(CC)C[C@@H]1CCCCO1. The minimum atomic E-state index is -0.0706. The summed E-state index contributed by atoms with van der Waals surface area (Å²) in [6.07, 6.45) is 5.50. The molecule has 0 unspecified atom stereocenters. The van der Waals surface area contributed by atoms with E-state index in [1.807, 2.05) is 29.5 Å². The largest absolute Gasteiger partial charge is 0.376 e. The normalized spacial score (nSPS) is 18.0. The lowest BCUT2D eigenvalue weighted by Gasteiger charge is -2.29. The van der Waals surface area contributed by atoms with E-state index in [0.29, 0.717) is 19.1 Å². The summed E-state index contributed by atoms with van der Waals surface area (Å²) in [4.78, 5) is 14.5. The molecule has 1 aromatic rings. The molecule has 2 amide bonds. The number of hydrogen-bond donors (Lipinski definition) is 1. The molecule has 6 nitrogen and oxygen atoms in total. The Labute approximate surface area is 145 Å². The van der Waals surface area contributed by atoms with Crippen molar-refractivity contribution in [2.75, 3.05) is 25.0 Å². The first-order valence-corrected chi connectivity index (χ1v) is 9.32. The van der Waals surface area contributed by atoms with Gasteiger partial charge in [0.15, 0.2) is 0 Å². The van der Waals surface area contributed by atoms with E-state index < -0.39 is 0 Å². The topological polar surface area (TPSA) is 59.4 Å². The number of aryl methyl sites for hydroxylation is 1. The number of aromatic nitrogens is 2. The van der Waals surface area contributed by atoms with Crippen LogP contribution in [0.2, 0.25) is 0 Å². The Kier molecular flexibility index (Phi) is 7.09. The highest BCUT2D eigenvalue weighted by Gasteiger charge is 2.22. The second-order valence-electron chi connectivity index (χ2n) is 6.54. The fourth-order valence-corrected chi connectivity index (χ4v) is 3.26. The van der Waals surface area contributed by atoms with Crippen LogP contribution < -0.4 is 5.32 Å². The van der Waals surface area contributed by atoms with Gasteiger partial charge in [0.05, 0.1) is 17.8 Å². The third-order valence-electron chi connectivity index (χ3n) is 4.75. The zero-order valence-corrected chi connectivity index (χ0v) is 15.5. The molecule has 0 aliphatic carbocycles. The zero-order valence-electron chi connectivity index (χ0n) is 15.5. The number of rotatable bonds is 7. The number of amides is 2. The Morgan fingerprint density at radius 3 is 2.75 bits per heavy atom. The molecule has 136 valence electrons. The van der Waals surface area contributed by atoms with Crippen LogP contribution >= 0.6 is 0 Å². The zero-order chi connectivity index (χ0) is 17.5. The molecule has 0 bridgehead atoms. The number of carbonyl (C=O) groups excluding carboxylic acids is 1. The van der Waals surface area contributed by atoms with E-state index in [0.717, 1.165) is 43.8 Å². The number of hydrogen-bond acceptors (Lipinski definition) is 3. The molecule has 24 heavy (non-hydrogen) atoms. The quantitative estimate of drug-likeness (QED) is 0.819. The van der Waals surface area contributed by atoms with Crippen molar-refractivity contribution in [1.82, 2.24) is 14.7 Å². The van der Waals surface area contributed by atoms with Crippen LogP contribution in [0.1, 0.15) is 64.6 Å². The van der Waals surface area contributed by atoms with Gasteiger partial charge < -0.3 is 9.64 Å². The van der Waals surface area contributed by atoms with Crippen LogP contribution in [0.4, 0.5) is 10.6 Å². The number of nitrogens with one attached hydrogen (secondary N) is 1. The molecule has 1 fully saturated rings. The highest BCUT2D eigenvalue weighted by atomic mass is 16.5. The van der Waals surface area contributed by atoms with Crippen LogP contribution in [0.3, 0.4) is 0 Å². The fourth-order valence-electron chi connectivity index (χ4n) is 3.26. The van der Waals surface area contributed by atoms with Crippen molar-refractivity contribution in [2.45, 2.75) is 71.9 Å². The minimum Gasteiger partial charge on any atom is -0.376 e. The van der Waals surface area contributed by atoms with Crippen LogP contribution in [0.15, 0.2) is 6.07 Å².